The van der Waals surface area contributed by atoms with E-state index in [9.17, 15) is 9.59 Å². The molecule has 12 heteroatoms. The van der Waals surface area contributed by atoms with Gasteiger partial charge in [0.1, 0.15) is 0 Å². The number of halogens is 2. The Morgan fingerprint density at radius 2 is 1.50 bits per heavy atom. The van der Waals surface area contributed by atoms with Gasteiger partial charge in [0.05, 0.1) is 0 Å². The van der Waals surface area contributed by atoms with Gasteiger partial charge in [0.15, 0.2) is 28.4 Å². The zero-order chi connectivity index (χ0) is 26.1. The van der Waals surface area contributed by atoms with E-state index >= 15 is 0 Å². The minimum atomic E-state index is -0.832. The van der Waals surface area contributed by atoms with E-state index in [0.717, 1.165) is 18.8 Å². The lowest BCUT2D eigenvalue weighted by atomic mass is 9.99. The molecule has 1 aliphatic rings. The second-order valence-electron chi connectivity index (χ2n) is 8.71. The third kappa shape index (κ3) is 15.4. The maximum Gasteiger partial charge on any atom is 0.303 e. The minimum absolute atomic E-state index is 0. The van der Waals surface area contributed by atoms with Crippen molar-refractivity contribution in [2.75, 3.05) is 11.5 Å². The normalized spacial score (nSPS) is 13.9. The molecule has 9 N–H and O–H groups in total. The molecule has 2 rings (SSSR count). The van der Waals surface area contributed by atoms with Crippen LogP contribution < -0.4 is 22.9 Å². The van der Waals surface area contributed by atoms with Crippen molar-refractivity contribution < 1.29 is 14.7 Å². The number of hydrogen-bond donors (Lipinski definition) is 5. The monoisotopic (exact) mass is 545 g/mol. The molecule has 0 bridgehead atoms. The van der Waals surface area contributed by atoms with E-state index in [1.165, 1.54) is 70.6 Å². The number of aliphatic carboxylic acids is 1. The fourth-order valence-corrected chi connectivity index (χ4v) is 3.93. The summed E-state index contributed by atoms with van der Waals surface area (Å²) in [6, 6.07) is 0. The number of carboxylic acid groups (broad SMARTS) is 1. The topological polar surface area (TPSA) is 197 Å². The molecule has 0 spiro atoms. The first kappa shape index (κ1) is 33.4. The number of carboxylic acids is 1. The summed E-state index contributed by atoms with van der Waals surface area (Å²) >= 11 is 5.55. The smallest absolute Gasteiger partial charge is 0.303 e. The second-order valence-corrected chi connectivity index (χ2v) is 9.07. The van der Waals surface area contributed by atoms with Crippen LogP contribution in [0.25, 0.3) is 0 Å². The highest BCUT2D eigenvalue weighted by Gasteiger charge is 2.15. The zero-order valence-electron chi connectivity index (χ0n) is 20.8. The summed E-state index contributed by atoms with van der Waals surface area (Å²) in [7, 11) is 0. The average Bonchev–Trinajstić information content (AvgIpc) is 3.30. The molecule has 1 atom stereocenters. The molecule has 1 aromatic rings. The highest BCUT2D eigenvalue weighted by atomic mass is 35.5. The predicted octanol–water partition coefficient (Wildman–Crippen LogP) is 4.85. The third-order valence-corrected chi connectivity index (χ3v) is 5.94. The Kier molecular flexibility index (Phi) is 18.2. The van der Waals surface area contributed by atoms with E-state index in [1.807, 2.05) is 0 Å². The molecule has 0 radical (unpaired) electrons. The van der Waals surface area contributed by atoms with Crippen LogP contribution in [-0.2, 0) is 4.79 Å². The van der Waals surface area contributed by atoms with Crippen LogP contribution in [0.5, 0.6) is 0 Å². The molecule has 1 amide bonds. The van der Waals surface area contributed by atoms with E-state index in [4.69, 9.17) is 39.6 Å². The third-order valence-electron chi connectivity index (χ3n) is 5.67. The molecule has 0 saturated heterocycles. The number of anilines is 2. The number of allylic oxidation sites excluding steroid dienone is 2. The summed E-state index contributed by atoms with van der Waals surface area (Å²) in [5, 5.41) is 8.38. The van der Waals surface area contributed by atoms with Gasteiger partial charge in [-0.1, -0.05) is 81.5 Å². The number of amides is 1. The lowest BCUT2D eigenvalue weighted by molar-refractivity contribution is -0.137. The average molecular weight is 547 g/mol. The molecule has 36 heavy (non-hydrogen) atoms. The molecule has 0 aliphatic heterocycles. The van der Waals surface area contributed by atoms with Crippen LogP contribution in [0.2, 0.25) is 5.15 Å². The number of aromatic nitrogens is 2. The summed E-state index contributed by atoms with van der Waals surface area (Å²) in [4.78, 5) is 32.1. The lowest BCUT2D eigenvalue weighted by Crippen LogP contribution is -2.24. The first-order valence-electron chi connectivity index (χ1n) is 12.3. The van der Waals surface area contributed by atoms with Crippen LogP contribution in [0.3, 0.4) is 0 Å². The highest BCUT2D eigenvalue weighted by molar-refractivity contribution is 6.31. The van der Waals surface area contributed by atoms with Crippen molar-refractivity contribution in [1.82, 2.24) is 9.97 Å². The Hall–Kier alpha value is -2.59. The number of nitrogens with zero attached hydrogens (tertiary/aromatic N) is 3. The summed E-state index contributed by atoms with van der Waals surface area (Å²) in [6.45, 7) is 0. The van der Waals surface area contributed by atoms with Gasteiger partial charge in [-0.05, 0) is 31.6 Å². The van der Waals surface area contributed by atoms with Gasteiger partial charge in [-0.25, -0.2) is 9.97 Å². The van der Waals surface area contributed by atoms with Gasteiger partial charge < -0.3 is 28.0 Å². The van der Waals surface area contributed by atoms with Crippen molar-refractivity contribution in [3.63, 3.8) is 0 Å². The molecular weight excluding hydrogens is 505 g/mol. The van der Waals surface area contributed by atoms with Crippen molar-refractivity contribution in [2.45, 2.75) is 89.9 Å². The number of rotatable bonds is 14. The van der Waals surface area contributed by atoms with Gasteiger partial charge in [0.25, 0.3) is 0 Å². The minimum Gasteiger partial charge on any atom is -0.481 e. The molecule has 10 nitrogen and oxygen atoms in total. The van der Waals surface area contributed by atoms with Crippen molar-refractivity contribution in [1.29, 1.82) is 0 Å². The Morgan fingerprint density at radius 3 is 2.00 bits per heavy atom. The van der Waals surface area contributed by atoms with Crippen molar-refractivity contribution in [3.05, 3.63) is 23.0 Å². The fraction of sp³-hybridized carbons (Fsp3) is 0.625. The maximum absolute atomic E-state index is 11.3. The molecule has 1 aliphatic carbocycles. The van der Waals surface area contributed by atoms with Crippen molar-refractivity contribution >= 4 is 53.5 Å². The number of unbranched alkanes of at least 4 members (excludes halogenated alkanes) is 9. The largest absolute Gasteiger partial charge is 0.481 e. The van der Waals surface area contributed by atoms with Gasteiger partial charge in [-0.2, -0.15) is 4.99 Å². The number of aliphatic imine (C=N–C) groups is 1. The van der Waals surface area contributed by atoms with E-state index < -0.39 is 17.8 Å². The number of carbonyl (C=O) groups is 2. The summed E-state index contributed by atoms with van der Waals surface area (Å²) in [6.07, 6.45) is 21.9. The summed E-state index contributed by atoms with van der Waals surface area (Å²) in [5.41, 5.74) is 20.5. The van der Waals surface area contributed by atoms with Gasteiger partial charge >= 0.3 is 11.9 Å². The molecular formula is C24H41Cl2N7O3. The van der Waals surface area contributed by atoms with Crippen molar-refractivity contribution in [2.24, 2.45) is 22.4 Å². The molecule has 0 aromatic carbocycles. The standard InChI is InChI=1S/C18H32O2.C6H8ClN7O.ClH/c19-18(20)16-10-8-6-4-2-1-3-5-7-9-13-17-14-11-12-15-17;7-2-4(9)13-3(8)1(12-2)5(15)14-6(10)11;/h11,14,17H,1-10,12-13,15-16H2,(H,19,20);(H4,8,9,13)(H4,10,11,14,15);1H. The Labute approximate surface area is 224 Å². The quantitative estimate of drug-likeness (QED) is 0.0937. The lowest BCUT2D eigenvalue weighted by Gasteiger charge is -2.06. The summed E-state index contributed by atoms with van der Waals surface area (Å²) < 4.78 is 0. The molecule has 0 saturated carbocycles. The van der Waals surface area contributed by atoms with Crippen LogP contribution in [0, 0.1) is 5.92 Å². The number of guanidine groups is 1. The van der Waals surface area contributed by atoms with Crippen LogP contribution in [0.4, 0.5) is 11.6 Å². The Balaban J connectivity index is 0.000000687. The highest BCUT2D eigenvalue weighted by Crippen LogP contribution is 2.23. The van der Waals surface area contributed by atoms with Crippen LogP contribution in [0.15, 0.2) is 17.1 Å². The summed E-state index contributed by atoms with van der Waals surface area (Å²) in [5.74, 6) is -1.27. The Morgan fingerprint density at radius 1 is 0.944 bits per heavy atom. The van der Waals surface area contributed by atoms with E-state index in [-0.39, 0.29) is 34.9 Å². The SMILES string of the molecule is Cl.NC(N)=NC(=O)c1nc(Cl)c(N)nc1N.O=C(O)CCCCCCCCCCCCC1C=CCC1. The second kappa shape index (κ2) is 19.6. The first-order chi connectivity index (χ1) is 16.7. The van der Waals surface area contributed by atoms with E-state index in [2.05, 4.69) is 27.1 Å². The fourth-order valence-electron chi connectivity index (χ4n) is 3.80. The molecule has 0 fully saturated rings. The first-order valence-corrected chi connectivity index (χ1v) is 12.7. The van der Waals surface area contributed by atoms with Gasteiger partial charge in [0, 0.05) is 6.42 Å². The number of hydrogen-bond acceptors (Lipinski definition) is 6. The van der Waals surface area contributed by atoms with Gasteiger partial charge in [-0.3, -0.25) is 9.59 Å². The van der Waals surface area contributed by atoms with Crippen molar-refractivity contribution in [3.8, 4) is 0 Å². The Bertz CT molecular complexity index is 862. The van der Waals surface area contributed by atoms with Gasteiger partial charge in [-0.15, -0.1) is 12.4 Å². The van der Waals surface area contributed by atoms with Crippen LogP contribution in [0.1, 0.15) is 100 Å². The maximum atomic E-state index is 11.3. The van der Waals surface area contributed by atoms with Crippen LogP contribution in [-0.4, -0.2) is 32.9 Å². The predicted molar refractivity (Wildman–Crippen MR) is 148 cm³/mol. The zero-order valence-corrected chi connectivity index (χ0v) is 22.4. The molecule has 204 valence electrons. The number of nitrogens with two attached hydrogens (primary N) is 4. The van der Waals surface area contributed by atoms with E-state index in [0.29, 0.717) is 6.42 Å². The molecule has 1 aromatic heterocycles. The van der Waals surface area contributed by atoms with Crippen LogP contribution >= 0.6 is 24.0 Å². The van der Waals surface area contributed by atoms with E-state index in [1.54, 1.807) is 0 Å². The van der Waals surface area contributed by atoms with Gasteiger partial charge in [0.2, 0.25) is 0 Å². The number of carbonyl (C=O) groups excluding carboxylic acids is 1. The number of nitrogen functional groups attached to an aromatic ring is 2. The molecule has 1 unspecified atom stereocenters. The molecule has 1 heterocycles.